The monoisotopic (exact) mass is 411 g/mol. The summed E-state index contributed by atoms with van der Waals surface area (Å²) in [5, 5.41) is 3.41. The van der Waals surface area contributed by atoms with Crippen LogP contribution in [0.4, 0.5) is 0 Å². The van der Waals surface area contributed by atoms with Crippen LogP contribution in [0, 0.1) is 5.92 Å². The fourth-order valence-electron chi connectivity index (χ4n) is 3.67. The molecule has 162 valence electrons. The van der Waals surface area contributed by atoms with Gasteiger partial charge >= 0.3 is 0 Å². The van der Waals surface area contributed by atoms with E-state index in [1.54, 1.807) is 6.08 Å². The Balaban J connectivity index is 2.06. The Labute approximate surface area is 189 Å². The lowest BCUT2D eigenvalue weighted by atomic mass is 9.85. The van der Waals surface area contributed by atoms with Gasteiger partial charge in [-0.15, -0.1) is 6.58 Å². The third kappa shape index (κ3) is 8.30. The van der Waals surface area contributed by atoms with E-state index in [-0.39, 0.29) is 0 Å². The minimum atomic E-state index is 0.365. The van der Waals surface area contributed by atoms with Crippen molar-refractivity contribution >= 4 is 5.57 Å². The van der Waals surface area contributed by atoms with Crippen molar-refractivity contribution in [1.82, 2.24) is 5.32 Å². The van der Waals surface area contributed by atoms with E-state index in [1.807, 2.05) is 12.2 Å². The van der Waals surface area contributed by atoms with Gasteiger partial charge in [-0.1, -0.05) is 109 Å². The lowest BCUT2D eigenvalue weighted by molar-refractivity contribution is 0.784. The zero-order chi connectivity index (χ0) is 22.5. The molecule has 2 rings (SSSR count). The summed E-state index contributed by atoms with van der Waals surface area (Å²) in [5.41, 5.74) is 8.19. The predicted molar refractivity (Wildman–Crippen MR) is 139 cm³/mol. The Kier molecular flexibility index (Phi) is 10.4. The topological polar surface area (TPSA) is 12.0 Å². The SMILES string of the molecule is C=C/C=C\C=C(/C)NC/C=C\C(C)=C(/CC1=CC=C(c2ccccc2)CC1)C(C)C=C. The van der Waals surface area contributed by atoms with Gasteiger partial charge in [0, 0.05) is 12.2 Å². The Morgan fingerprint density at radius 1 is 1.06 bits per heavy atom. The average Bonchev–Trinajstić information content (AvgIpc) is 2.80. The van der Waals surface area contributed by atoms with Gasteiger partial charge in [0.05, 0.1) is 0 Å². The van der Waals surface area contributed by atoms with Gasteiger partial charge in [0.1, 0.15) is 0 Å². The van der Waals surface area contributed by atoms with Crippen LogP contribution in [-0.2, 0) is 0 Å². The number of hydrogen-bond acceptors (Lipinski definition) is 1. The van der Waals surface area contributed by atoms with E-state index in [9.17, 15) is 0 Å². The number of rotatable bonds is 11. The van der Waals surface area contributed by atoms with Crippen LogP contribution in [-0.4, -0.2) is 6.54 Å². The van der Waals surface area contributed by atoms with Crippen molar-refractivity contribution < 1.29 is 0 Å². The van der Waals surface area contributed by atoms with Crippen LogP contribution in [0.5, 0.6) is 0 Å². The fraction of sp³-hybridized carbons (Fsp3) is 0.267. The van der Waals surface area contributed by atoms with E-state index in [0.29, 0.717) is 5.92 Å². The summed E-state index contributed by atoms with van der Waals surface area (Å²) in [6.07, 6.45) is 22.1. The molecule has 0 radical (unpaired) electrons. The number of nitrogens with one attached hydrogen (secondary N) is 1. The normalized spacial score (nSPS) is 16.5. The zero-order valence-electron chi connectivity index (χ0n) is 19.4. The Bertz CT molecular complexity index is 916. The van der Waals surface area contributed by atoms with Crippen molar-refractivity contribution in [3.05, 3.63) is 126 Å². The van der Waals surface area contributed by atoms with Crippen LogP contribution in [0.2, 0.25) is 0 Å². The molecule has 0 spiro atoms. The maximum absolute atomic E-state index is 4.04. The standard InChI is InChI=1S/C30H37N/c1-6-8-10-15-26(5)31-22-13-14-25(4)30(24(3)7-2)23-27-18-20-29(21-19-27)28-16-11-9-12-17-28/h6-18,20,24,31H,1-2,19,21-23H2,3-5H3/b10-8-,14-13-,26-15+,30-25+. The predicted octanol–water partition coefficient (Wildman–Crippen LogP) is 8.11. The van der Waals surface area contributed by atoms with Crippen LogP contribution < -0.4 is 5.32 Å². The van der Waals surface area contributed by atoms with Crippen molar-refractivity contribution in [2.24, 2.45) is 5.92 Å². The molecule has 31 heavy (non-hydrogen) atoms. The quantitative estimate of drug-likeness (QED) is 0.286. The number of benzene rings is 1. The smallest absolute Gasteiger partial charge is 0.0330 e. The lowest BCUT2D eigenvalue weighted by Crippen LogP contribution is -2.10. The lowest BCUT2D eigenvalue weighted by Gasteiger charge is -2.20. The first kappa shape index (κ1) is 24.2. The molecule has 0 saturated carbocycles. The molecule has 1 N–H and O–H groups in total. The van der Waals surface area contributed by atoms with Gasteiger partial charge in [-0.3, -0.25) is 0 Å². The molecule has 0 saturated heterocycles. The molecule has 0 heterocycles. The molecule has 1 aliphatic rings. The summed E-state index contributed by atoms with van der Waals surface area (Å²) in [6.45, 7) is 15.1. The van der Waals surface area contributed by atoms with Gasteiger partial charge in [0.15, 0.2) is 0 Å². The largest absolute Gasteiger partial charge is 0.385 e. The molecular weight excluding hydrogens is 374 g/mol. The molecule has 1 aliphatic carbocycles. The molecule has 1 atom stereocenters. The Morgan fingerprint density at radius 2 is 1.84 bits per heavy atom. The second kappa shape index (κ2) is 13.3. The zero-order valence-corrected chi connectivity index (χ0v) is 19.4. The number of hydrogen-bond donors (Lipinski definition) is 1. The van der Waals surface area contributed by atoms with Crippen molar-refractivity contribution in [3.8, 4) is 0 Å². The van der Waals surface area contributed by atoms with E-state index in [4.69, 9.17) is 0 Å². The highest BCUT2D eigenvalue weighted by atomic mass is 14.9. The Morgan fingerprint density at radius 3 is 2.48 bits per heavy atom. The van der Waals surface area contributed by atoms with Crippen LogP contribution in [0.1, 0.15) is 45.6 Å². The van der Waals surface area contributed by atoms with Gasteiger partial charge in [-0.05, 0) is 56.2 Å². The van der Waals surface area contributed by atoms with Crippen molar-refractivity contribution in [2.45, 2.75) is 40.0 Å². The van der Waals surface area contributed by atoms with E-state index in [1.165, 1.54) is 27.9 Å². The second-order valence-corrected chi connectivity index (χ2v) is 8.05. The minimum Gasteiger partial charge on any atom is -0.385 e. The highest BCUT2D eigenvalue weighted by Crippen LogP contribution is 2.32. The summed E-state index contributed by atoms with van der Waals surface area (Å²) < 4.78 is 0. The van der Waals surface area contributed by atoms with Gasteiger partial charge in [0.25, 0.3) is 0 Å². The summed E-state index contributed by atoms with van der Waals surface area (Å²) >= 11 is 0. The summed E-state index contributed by atoms with van der Waals surface area (Å²) in [4.78, 5) is 0. The van der Waals surface area contributed by atoms with Gasteiger partial charge in [-0.2, -0.15) is 0 Å². The third-order valence-electron chi connectivity index (χ3n) is 5.67. The van der Waals surface area contributed by atoms with E-state index in [2.05, 4.69) is 106 Å². The molecule has 0 amide bonds. The maximum atomic E-state index is 4.04. The van der Waals surface area contributed by atoms with Gasteiger partial charge in [0.2, 0.25) is 0 Å². The van der Waals surface area contributed by atoms with Crippen molar-refractivity contribution in [3.63, 3.8) is 0 Å². The van der Waals surface area contributed by atoms with Gasteiger partial charge < -0.3 is 5.32 Å². The van der Waals surface area contributed by atoms with E-state index in [0.717, 1.165) is 31.5 Å². The molecule has 1 aromatic rings. The minimum absolute atomic E-state index is 0.365. The van der Waals surface area contributed by atoms with Crippen LogP contribution >= 0.6 is 0 Å². The highest BCUT2D eigenvalue weighted by Gasteiger charge is 2.13. The second-order valence-electron chi connectivity index (χ2n) is 8.05. The van der Waals surface area contributed by atoms with Crippen LogP contribution in [0.3, 0.4) is 0 Å². The fourth-order valence-corrected chi connectivity index (χ4v) is 3.67. The molecule has 0 fully saturated rings. The average molecular weight is 412 g/mol. The first-order chi connectivity index (χ1) is 15.0. The highest BCUT2D eigenvalue weighted by molar-refractivity contribution is 5.68. The summed E-state index contributed by atoms with van der Waals surface area (Å²) in [5.74, 6) is 0.365. The Hall–Kier alpha value is -3.06. The molecule has 1 nitrogen and oxygen atoms in total. The molecule has 0 aliphatic heterocycles. The molecule has 0 aromatic heterocycles. The van der Waals surface area contributed by atoms with Crippen LogP contribution in [0.15, 0.2) is 121 Å². The summed E-state index contributed by atoms with van der Waals surface area (Å²) in [6, 6.07) is 10.7. The molecular formula is C30H37N. The maximum Gasteiger partial charge on any atom is 0.0330 e. The van der Waals surface area contributed by atoms with E-state index < -0.39 is 0 Å². The van der Waals surface area contributed by atoms with Gasteiger partial charge in [-0.25, -0.2) is 0 Å². The molecule has 1 aromatic carbocycles. The molecule has 1 heteroatoms. The van der Waals surface area contributed by atoms with Crippen molar-refractivity contribution in [2.75, 3.05) is 6.54 Å². The van der Waals surface area contributed by atoms with Crippen LogP contribution in [0.25, 0.3) is 5.57 Å². The first-order valence-corrected chi connectivity index (χ1v) is 11.2. The summed E-state index contributed by atoms with van der Waals surface area (Å²) in [7, 11) is 0. The third-order valence-corrected chi connectivity index (χ3v) is 5.67. The molecule has 0 bridgehead atoms. The first-order valence-electron chi connectivity index (χ1n) is 11.2. The van der Waals surface area contributed by atoms with Crippen molar-refractivity contribution in [1.29, 1.82) is 0 Å². The molecule has 1 unspecified atom stereocenters. The van der Waals surface area contributed by atoms with E-state index >= 15 is 0 Å². The number of allylic oxidation sites excluding steroid dienone is 13.